The van der Waals surface area contributed by atoms with Gasteiger partial charge in [0.05, 0.1) is 11.1 Å². The zero-order chi connectivity index (χ0) is 16.3. The van der Waals surface area contributed by atoms with Gasteiger partial charge in [0.1, 0.15) is 0 Å². The van der Waals surface area contributed by atoms with Crippen molar-refractivity contribution in [3.8, 4) is 11.3 Å². The topological polar surface area (TPSA) is 84.2 Å². The molecule has 0 spiro atoms. The highest BCUT2D eigenvalue weighted by Gasteiger charge is 2.27. The molecule has 8 heteroatoms. The average Bonchev–Trinajstić information content (AvgIpc) is 3.10. The van der Waals surface area contributed by atoms with E-state index in [1.54, 1.807) is 30.3 Å². The molecule has 1 saturated heterocycles. The minimum Gasteiger partial charge on any atom is -0.356 e. The Balaban J connectivity index is 0.00000208. The summed E-state index contributed by atoms with van der Waals surface area (Å²) < 4.78 is 33.6. The quantitative estimate of drug-likeness (QED) is 0.843. The number of aromatic nitrogens is 1. The van der Waals surface area contributed by atoms with Gasteiger partial charge in [0.25, 0.3) is 0 Å². The van der Waals surface area contributed by atoms with Crippen LogP contribution in [0.25, 0.3) is 11.3 Å². The zero-order valence-corrected chi connectivity index (χ0v) is 15.1. The molecule has 2 atom stereocenters. The van der Waals surface area contributed by atoms with E-state index >= 15 is 0 Å². The van der Waals surface area contributed by atoms with Gasteiger partial charge in [-0.15, -0.1) is 12.4 Å². The molecule has 1 aromatic heterocycles. The Hall–Kier alpha value is -1.41. The summed E-state index contributed by atoms with van der Waals surface area (Å²) in [6, 6.07) is 8.33. The van der Waals surface area contributed by atoms with E-state index < -0.39 is 10.0 Å². The average molecular weight is 372 g/mol. The fraction of sp³-hybridized carbons (Fsp3) is 0.438. The maximum atomic E-state index is 12.8. The third-order valence-corrected chi connectivity index (χ3v) is 5.88. The smallest absolute Gasteiger partial charge is 0.241 e. The van der Waals surface area contributed by atoms with Crippen molar-refractivity contribution < 1.29 is 12.9 Å². The summed E-state index contributed by atoms with van der Waals surface area (Å²) in [4.78, 5) is 0.215. The molecule has 2 aromatic rings. The van der Waals surface area contributed by atoms with Crippen molar-refractivity contribution >= 4 is 22.4 Å². The van der Waals surface area contributed by atoms with Crippen LogP contribution in [0.2, 0.25) is 0 Å². The predicted molar refractivity (Wildman–Crippen MR) is 94.6 cm³/mol. The highest BCUT2D eigenvalue weighted by atomic mass is 35.5. The lowest BCUT2D eigenvalue weighted by Gasteiger charge is -2.28. The van der Waals surface area contributed by atoms with Crippen molar-refractivity contribution in [3.63, 3.8) is 0 Å². The molecule has 2 heterocycles. The Morgan fingerprint density at radius 3 is 2.79 bits per heavy atom. The van der Waals surface area contributed by atoms with Crippen molar-refractivity contribution in [3.05, 3.63) is 36.5 Å². The molecule has 6 nitrogen and oxygen atoms in total. The van der Waals surface area contributed by atoms with Gasteiger partial charge in [-0.25, -0.2) is 13.1 Å². The number of sulfonamides is 1. The van der Waals surface area contributed by atoms with Crippen LogP contribution >= 0.6 is 12.4 Å². The molecule has 24 heavy (non-hydrogen) atoms. The van der Waals surface area contributed by atoms with Gasteiger partial charge in [-0.2, -0.15) is 0 Å². The first kappa shape index (κ1) is 18.9. The van der Waals surface area contributed by atoms with Gasteiger partial charge in [0.15, 0.2) is 5.76 Å². The summed E-state index contributed by atoms with van der Waals surface area (Å²) in [6.45, 7) is 3.77. The van der Waals surface area contributed by atoms with Crippen LogP contribution in [0.3, 0.4) is 0 Å². The molecule has 1 aliphatic heterocycles. The fourth-order valence-corrected chi connectivity index (χ4v) is 4.49. The van der Waals surface area contributed by atoms with Gasteiger partial charge in [-0.05, 0) is 50.9 Å². The van der Waals surface area contributed by atoms with Crippen LogP contribution in [0.4, 0.5) is 0 Å². The van der Waals surface area contributed by atoms with Crippen LogP contribution in [0.5, 0.6) is 0 Å². The molecule has 1 aliphatic rings. The summed E-state index contributed by atoms with van der Waals surface area (Å²) >= 11 is 0. The lowest BCUT2D eigenvalue weighted by atomic mass is 9.94. The number of hydrogen-bond acceptors (Lipinski definition) is 5. The van der Waals surface area contributed by atoms with Gasteiger partial charge in [0.2, 0.25) is 10.0 Å². The minimum absolute atomic E-state index is 0. The van der Waals surface area contributed by atoms with E-state index in [-0.39, 0.29) is 23.3 Å². The first-order valence-electron chi connectivity index (χ1n) is 7.81. The van der Waals surface area contributed by atoms with E-state index in [4.69, 9.17) is 4.52 Å². The molecule has 0 bridgehead atoms. The Kier molecular flexibility index (Phi) is 6.40. The second-order valence-electron chi connectivity index (χ2n) is 5.89. The highest BCUT2D eigenvalue weighted by molar-refractivity contribution is 7.89. The van der Waals surface area contributed by atoms with Crippen molar-refractivity contribution in [2.24, 2.45) is 5.92 Å². The van der Waals surface area contributed by atoms with Crippen LogP contribution < -0.4 is 10.0 Å². The molecule has 1 fully saturated rings. The number of piperidine rings is 1. The van der Waals surface area contributed by atoms with Crippen LogP contribution in [0, 0.1) is 5.92 Å². The van der Waals surface area contributed by atoms with E-state index in [0.717, 1.165) is 25.9 Å². The second kappa shape index (κ2) is 8.11. The number of hydrogen-bond donors (Lipinski definition) is 2. The SMILES string of the molecule is CC(NS(=O)(=O)c1ccccc1-c1ccno1)C1CCCNC1.Cl. The summed E-state index contributed by atoms with van der Waals surface area (Å²) in [6.07, 6.45) is 3.61. The van der Waals surface area contributed by atoms with E-state index in [9.17, 15) is 8.42 Å². The molecule has 0 amide bonds. The van der Waals surface area contributed by atoms with E-state index in [1.165, 1.54) is 6.20 Å². The summed E-state index contributed by atoms with van der Waals surface area (Å²) in [5, 5.41) is 6.97. The highest BCUT2D eigenvalue weighted by Crippen LogP contribution is 2.27. The molecule has 3 rings (SSSR count). The third kappa shape index (κ3) is 4.16. The molecule has 0 saturated carbocycles. The Bertz CT molecular complexity index is 744. The lowest BCUT2D eigenvalue weighted by molar-refractivity contribution is 0.320. The maximum Gasteiger partial charge on any atom is 0.241 e. The molecule has 132 valence electrons. The van der Waals surface area contributed by atoms with Gasteiger partial charge < -0.3 is 9.84 Å². The minimum atomic E-state index is -3.63. The zero-order valence-electron chi connectivity index (χ0n) is 13.4. The molecular formula is C16H22ClN3O3S. The Morgan fingerprint density at radius 2 is 2.12 bits per heavy atom. The summed E-state index contributed by atoms with van der Waals surface area (Å²) in [5.41, 5.74) is 0.520. The first-order valence-corrected chi connectivity index (χ1v) is 9.29. The monoisotopic (exact) mass is 371 g/mol. The molecule has 2 unspecified atom stereocenters. The number of rotatable bonds is 5. The van der Waals surface area contributed by atoms with E-state index in [0.29, 0.717) is 17.2 Å². The standard InChI is InChI=1S/C16H21N3O3S.ClH/c1-12(13-5-4-9-17-11-13)19-23(20,21)16-7-3-2-6-14(16)15-8-10-18-22-15;/h2-3,6-8,10,12-13,17,19H,4-5,9,11H2,1H3;1H. The van der Waals surface area contributed by atoms with Crippen LogP contribution in [-0.2, 0) is 10.0 Å². The first-order chi connectivity index (χ1) is 11.1. The van der Waals surface area contributed by atoms with E-state index in [1.807, 2.05) is 6.92 Å². The molecule has 0 radical (unpaired) electrons. The lowest BCUT2D eigenvalue weighted by Crippen LogP contribution is -2.44. The fourth-order valence-electron chi connectivity index (χ4n) is 2.97. The third-order valence-electron chi connectivity index (χ3n) is 4.26. The van der Waals surface area contributed by atoms with Crippen LogP contribution in [0.1, 0.15) is 19.8 Å². The Morgan fingerprint density at radius 1 is 1.33 bits per heavy atom. The molecule has 2 N–H and O–H groups in total. The molecular weight excluding hydrogens is 350 g/mol. The van der Waals surface area contributed by atoms with Gasteiger partial charge >= 0.3 is 0 Å². The van der Waals surface area contributed by atoms with Gasteiger partial charge in [0, 0.05) is 17.7 Å². The number of benzene rings is 1. The van der Waals surface area contributed by atoms with Gasteiger partial charge in [-0.1, -0.05) is 17.3 Å². The van der Waals surface area contributed by atoms with Crippen molar-refractivity contribution in [1.29, 1.82) is 0 Å². The number of nitrogens with one attached hydrogen (secondary N) is 2. The van der Waals surface area contributed by atoms with Crippen molar-refractivity contribution in [2.45, 2.75) is 30.7 Å². The van der Waals surface area contributed by atoms with Crippen LogP contribution in [0.15, 0.2) is 45.9 Å². The number of nitrogens with zero attached hydrogens (tertiary/aromatic N) is 1. The Labute approximate surface area is 148 Å². The number of halogens is 1. The molecule has 1 aromatic carbocycles. The maximum absolute atomic E-state index is 12.8. The largest absolute Gasteiger partial charge is 0.356 e. The summed E-state index contributed by atoms with van der Waals surface area (Å²) in [5.74, 6) is 0.744. The van der Waals surface area contributed by atoms with Crippen molar-refractivity contribution in [2.75, 3.05) is 13.1 Å². The second-order valence-corrected chi connectivity index (χ2v) is 7.57. The predicted octanol–water partition coefficient (Wildman–Crippen LogP) is 2.43. The van der Waals surface area contributed by atoms with Gasteiger partial charge in [-0.3, -0.25) is 0 Å². The molecule has 0 aliphatic carbocycles. The normalized spacial score (nSPS) is 19.5. The summed E-state index contributed by atoms with van der Waals surface area (Å²) in [7, 11) is -3.63. The van der Waals surface area contributed by atoms with Crippen LogP contribution in [-0.4, -0.2) is 32.7 Å². The van der Waals surface area contributed by atoms with E-state index in [2.05, 4.69) is 15.2 Å². The van der Waals surface area contributed by atoms with Crippen molar-refractivity contribution in [1.82, 2.24) is 15.2 Å².